The van der Waals surface area contributed by atoms with Crippen LogP contribution in [-0.2, 0) is 16.6 Å². The molecule has 0 aromatic rings. The van der Waals surface area contributed by atoms with E-state index >= 15 is 0 Å². The van der Waals surface area contributed by atoms with Crippen LogP contribution in [0.15, 0.2) is 42.5 Å². The van der Waals surface area contributed by atoms with Crippen LogP contribution in [0.4, 0.5) is 0 Å². The van der Waals surface area contributed by atoms with Gasteiger partial charge in [0.1, 0.15) is 0 Å². The number of allylic oxidation sites excluding steroid dienone is 8. The summed E-state index contributed by atoms with van der Waals surface area (Å²) < 4.78 is 3.93. The quantitative estimate of drug-likeness (QED) is 0.530. The summed E-state index contributed by atoms with van der Waals surface area (Å²) in [7, 11) is -2.39. The Labute approximate surface area is 170 Å². The van der Waals surface area contributed by atoms with Gasteiger partial charge in [-0.05, 0) is 0 Å². The van der Waals surface area contributed by atoms with Gasteiger partial charge >= 0.3 is 147 Å². The van der Waals surface area contributed by atoms with Crippen LogP contribution in [0.5, 0.6) is 0 Å². The summed E-state index contributed by atoms with van der Waals surface area (Å²) in [6.07, 6.45) is 12.3. The fraction of sp³-hybridized carbons (Fsp3) is 0.556. The average molecular weight is 451 g/mol. The summed E-state index contributed by atoms with van der Waals surface area (Å²) in [5.41, 5.74) is 0. The van der Waals surface area contributed by atoms with E-state index in [4.69, 9.17) is 0 Å². The summed E-state index contributed by atoms with van der Waals surface area (Å²) in [6.45, 7) is 20.4. The fourth-order valence-electron chi connectivity index (χ4n) is 3.67. The summed E-state index contributed by atoms with van der Waals surface area (Å²) >= 11 is -1.26. The van der Waals surface area contributed by atoms with Crippen LogP contribution in [-0.4, -0.2) is 22.3 Å². The molecule has 0 aromatic heterocycles. The van der Waals surface area contributed by atoms with Crippen molar-refractivity contribution in [3.8, 4) is 0 Å². The molecule has 0 spiro atoms. The first-order valence-corrected chi connectivity index (χ1v) is 21.9. The van der Waals surface area contributed by atoms with Gasteiger partial charge in [0, 0.05) is 0 Å². The van der Waals surface area contributed by atoms with Gasteiger partial charge in [-0.15, -0.1) is 0 Å². The number of halogens is 2. The van der Waals surface area contributed by atoms with Crippen molar-refractivity contribution in [2.75, 3.05) is 0 Å². The van der Waals surface area contributed by atoms with E-state index in [9.17, 15) is 0 Å². The predicted octanol–water partition coefficient (Wildman–Crippen LogP) is 0.0465. The minimum atomic E-state index is -1.26. The maximum atomic E-state index is 2.60. The second kappa shape index (κ2) is 9.21. The molecule has 0 atom stereocenters. The minimum Gasteiger partial charge on any atom is -1.00 e. The first-order chi connectivity index (χ1) is 10.0. The molecule has 0 heterocycles. The molecule has 0 aliphatic heterocycles. The van der Waals surface area contributed by atoms with E-state index in [2.05, 4.69) is 76.7 Å². The zero-order valence-corrected chi connectivity index (χ0v) is 22.6. The van der Waals surface area contributed by atoms with Crippen molar-refractivity contribution in [2.24, 2.45) is 0 Å². The van der Waals surface area contributed by atoms with Gasteiger partial charge in [-0.2, -0.15) is 0 Å². The molecule has 0 bridgehead atoms. The van der Waals surface area contributed by atoms with E-state index in [1.807, 2.05) is 18.1 Å². The smallest absolute Gasteiger partial charge is 1.00 e. The molecule has 24 heavy (non-hydrogen) atoms. The summed E-state index contributed by atoms with van der Waals surface area (Å²) in [4.78, 5) is 0. The summed E-state index contributed by atoms with van der Waals surface area (Å²) in [6, 6.07) is 0. The third-order valence-corrected chi connectivity index (χ3v) is 21.1. The molecule has 0 fully saturated rings. The third-order valence-electron chi connectivity index (χ3n) is 4.58. The molecule has 2 rings (SSSR count). The van der Waals surface area contributed by atoms with Gasteiger partial charge in [0.25, 0.3) is 0 Å². The molecule has 0 saturated heterocycles. The molecule has 2 aliphatic carbocycles. The van der Waals surface area contributed by atoms with Crippen molar-refractivity contribution in [1.29, 1.82) is 0 Å². The maximum absolute atomic E-state index is 2.60. The van der Waals surface area contributed by atoms with E-state index in [1.165, 1.54) is 12.8 Å². The monoisotopic (exact) mass is 450 g/mol. The van der Waals surface area contributed by atoms with Gasteiger partial charge in [-0.3, -0.25) is 0 Å². The maximum Gasteiger partial charge on any atom is -1.00 e. The van der Waals surface area contributed by atoms with Crippen LogP contribution in [0.3, 0.4) is 0 Å². The molecule has 0 unspecified atom stereocenters. The molecular weight excluding hydrogens is 419 g/mol. The van der Waals surface area contributed by atoms with Crippen LogP contribution in [0.25, 0.3) is 0 Å². The standard InChI is InChI=1S/2C8H13Si.C2H6Si.2ClH.Ti/c2*1-9(2,3)8-6-4-5-7-8;1-3-2;;;/h2*4,6H,5H2,1-3H3;1-2H3;2*1H;/q;;;;;+2/p-2. The normalized spacial score (nSPS) is 16.8. The molecule has 6 heteroatoms. The summed E-state index contributed by atoms with van der Waals surface area (Å²) in [5.74, 6) is 0. The first kappa shape index (κ1) is 24.9. The van der Waals surface area contributed by atoms with Crippen molar-refractivity contribution in [3.05, 3.63) is 42.5 Å². The topological polar surface area (TPSA) is 0 Å². The largest absolute Gasteiger partial charge is 1.00 e. The Morgan fingerprint density at radius 3 is 1.33 bits per heavy atom. The number of rotatable bonds is 4. The van der Waals surface area contributed by atoms with Crippen molar-refractivity contribution in [2.45, 2.75) is 65.2 Å². The van der Waals surface area contributed by atoms with Gasteiger partial charge in [0.2, 0.25) is 0 Å². The van der Waals surface area contributed by atoms with Crippen molar-refractivity contribution < 1.29 is 41.4 Å². The molecule has 0 amide bonds. The zero-order valence-electron chi connectivity index (χ0n) is 16.5. The average Bonchev–Trinajstić information content (AvgIpc) is 2.95. The first-order valence-electron chi connectivity index (χ1n) is 8.52. The van der Waals surface area contributed by atoms with E-state index in [-0.39, 0.29) is 31.0 Å². The Kier molecular flexibility index (Phi) is 9.56. The molecule has 0 radical (unpaired) electrons. The van der Waals surface area contributed by atoms with Crippen LogP contribution >= 0.6 is 0 Å². The Bertz CT molecular complexity index is 588. The fourth-order valence-corrected chi connectivity index (χ4v) is 24.0. The van der Waals surface area contributed by atoms with Gasteiger partial charge in [-0.25, -0.2) is 0 Å². The number of hydrogen-bond donors (Lipinski definition) is 0. The van der Waals surface area contributed by atoms with E-state index in [0.717, 1.165) is 0 Å². The Morgan fingerprint density at radius 2 is 1.08 bits per heavy atom. The SMILES string of the molecule is C[Si](C)=[Ti+2]([C]1=C([Si](C)(C)C)C=CC1)[C]1=C([Si](C)(C)C)C=CC1.[Cl-].[Cl-]. The second-order valence-electron chi connectivity index (χ2n) is 8.87. The van der Waals surface area contributed by atoms with Crippen LogP contribution < -0.4 is 24.8 Å². The minimum absolute atomic E-state index is 0. The predicted molar refractivity (Wildman–Crippen MR) is 106 cm³/mol. The van der Waals surface area contributed by atoms with Gasteiger partial charge < -0.3 is 24.8 Å². The van der Waals surface area contributed by atoms with Crippen LogP contribution in [0, 0.1) is 0 Å². The van der Waals surface area contributed by atoms with Gasteiger partial charge in [0.05, 0.1) is 0 Å². The Morgan fingerprint density at radius 1 is 0.750 bits per heavy atom. The van der Waals surface area contributed by atoms with Crippen molar-refractivity contribution in [3.63, 3.8) is 0 Å². The van der Waals surface area contributed by atoms with Gasteiger partial charge in [0.15, 0.2) is 0 Å². The van der Waals surface area contributed by atoms with E-state index in [0.29, 0.717) is 0 Å². The van der Waals surface area contributed by atoms with E-state index < -0.39 is 32.8 Å². The second-order valence-corrected chi connectivity index (χ2v) is 30.8. The van der Waals surface area contributed by atoms with Crippen LogP contribution in [0.1, 0.15) is 12.8 Å². The molecular formula is C18H32Cl2Si3Ti. The molecule has 0 aromatic carbocycles. The zero-order chi connectivity index (χ0) is 16.7. The van der Waals surface area contributed by atoms with Crippen molar-refractivity contribution >= 4 is 22.3 Å². The molecule has 2 aliphatic rings. The Hall–Kier alpha value is 0.905. The van der Waals surface area contributed by atoms with Crippen LogP contribution in [0.2, 0.25) is 52.4 Å². The summed E-state index contributed by atoms with van der Waals surface area (Å²) in [5, 5.41) is 3.64. The third kappa shape index (κ3) is 5.45. The molecule has 0 nitrogen and oxygen atoms in total. The molecule has 0 N–H and O–H groups in total. The van der Waals surface area contributed by atoms with E-state index in [1.54, 1.807) is 0 Å². The van der Waals surface area contributed by atoms with Gasteiger partial charge in [-0.1, -0.05) is 0 Å². The Balaban J connectivity index is 0.00000264. The number of hydrogen-bond acceptors (Lipinski definition) is 0. The van der Waals surface area contributed by atoms with Crippen molar-refractivity contribution in [1.82, 2.24) is 0 Å². The molecule has 0 saturated carbocycles. The molecule has 134 valence electrons.